The molecule has 7 heteroatoms. The molecule has 4 rings (SSSR count). The van der Waals surface area contributed by atoms with Gasteiger partial charge >= 0.3 is 6.08 Å². The third-order valence-electron chi connectivity index (χ3n) is 3.89. The van der Waals surface area contributed by atoms with Gasteiger partial charge in [0.25, 0.3) is 0 Å². The first-order valence-corrected chi connectivity index (χ1v) is 9.12. The van der Waals surface area contributed by atoms with Crippen LogP contribution in [-0.4, -0.2) is 19.9 Å². The first-order valence-electron chi connectivity index (χ1n) is 8.30. The van der Waals surface area contributed by atoms with E-state index >= 15 is 0 Å². The Morgan fingerprint density at radius 2 is 1.81 bits per heavy atom. The smallest absolute Gasteiger partial charge is 0.310 e. The number of pyridine rings is 1. The number of anilines is 2. The van der Waals surface area contributed by atoms with E-state index in [1.165, 1.54) is 11.3 Å². The van der Waals surface area contributed by atoms with Crippen LogP contribution in [0.5, 0.6) is 0 Å². The molecule has 5 nitrogen and oxygen atoms in total. The molecule has 0 atom stereocenters. The molecular formula is C19H16FN5S. The van der Waals surface area contributed by atoms with Crippen LogP contribution < -0.4 is 5.32 Å². The van der Waals surface area contributed by atoms with E-state index in [1.54, 1.807) is 6.07 Å². The molecule has 0 aliphatic heterocycles. The number of hydrogen-bond donors (Lipinski definition) is 1. The summed E-state index contributed by atoms with van der Waals surface area (Å²) in [5.74, 6) is 0.387. The van der Waals surface area contributed by atoms with Gasteiger partial charge in [0.05, 0.1) is 5.69 Å². The fourth-order valence-corrected chi connectivity index (χ4v) is 3.50. The van der Waals surface area contributed by atoms with Crippen LogP contribution in [0.25, 0.3) is 10.3 Å². The molecule has 0 spiro atoms. The van der Waals surface area contributed by atoms with Crippen molar-refractivity contribution in [2.75, 3.05) is 5.32 Å². The molecule has 0 saturated heterocycles. The van der Waals surface area contributed by atoms with Crippen LogP contribution in [0.15, 0.2) is 48.5 Å². The Labute approximate surface area is 154 Å². The second kappa shape index (κ2) is 7.13. The maximum absolute atomic E-state index is 13.8. The van der Waals surface area contributed by atoms with Crippen LogP contribution in [0.2, 0.25) is 0 Å². The van der Waals surface area contributed by atoms with E-state index in [1.807, 2.05) is 42.5 Å². The Morgan fingerprint density at radius 1 is 0.962 bits per heavy atom. The van der Waals surface area contributed by atoms with E-state index < -0.39 is 6.08 Å². The summed E-state index contributed by atoms with van der Waals surface area (Å²) in [4.78, 5) is 17.6. The van der Waals surface area contributed by atoms with E-state index in [4.69, 9.17) is 0 Å². The number of aromatic nitrogens is 4. The Kier molecular flexibility index (Phi) is 4.53. The van der Waals surface area contributed by atoms with Gasteiger partial charge in [-0.1, -0.05) is 48.6 Å². The van der Waals surface area contributed by atoms with Crippen molar-refractivity contribution < 1.29 is 4.39 Å². The van der Waals surface area contributed by atoms with Crippen LogP contribution in [0.1, 0.15) is 23.9 Å². The minimum atomic E-state index is -0.756. The van der Waals surface area contributed by atoms with Crippen molar-refractivity contribution in [2.24, 2.45) is 0 Å². The number of nitrogens with one attached hydrogen (secondary N) is 1. The fraction of sp³-hybridized carbons (Fsp3) is 0.158. The molecule has 0 bridgehead atoms. The third-order valence-corrected chi connectivity index (χ3v) is 4.77. The zero-order chi connectivity index (χ0) is 17.9. The average Bonchev–Trinajstić information content (AvgIpc) is 3.03. The SMILES string of the molecule is CCc1ccc2nc(Nc3cc(Cc4ccccc4)nc(F)n3)sc2n1. The Balaban J connectivity index is 1.59. The monoisotopic (exact) mass is 365 g/mol. The van der Waals surface area contributed by atoms with Crippen molar-refractivity contribution in [1.29, 1.82) is 0 Å². The van der Waals surface area contributed by atoms with Gasteiger partial charge in [-0.15, -0.1) is 0 Å². The minimum Gasteiger partial charge on any atom is -0.316 e. The molecule has 130 valence electrons. The predicted octanol–water partition coefficient (Wildman–Crippen LogP) is 4.52. The van der Waals surface area contributed by atoms with Gasteiger partial charge in [0, 0.05) is 18.2 Å². The van der Waals surface area contributed by atoms with Crippen molar-refractivity contribution >= 4 is 32.6 Å². The first kappa shape index (κ1) is 16.5. The minimum absolute atomic E-state index is 0.387. The second-order valence-electron chi connectivity index (χ2n) is 5.80. The van der Waals surface area contributed by atoms with Crippen molar-refractivity contribution in [3.63, 3.8) is 0 Å². The van der Waals surface area contributed by atoms with E-state index in [9.17, 15) is 4.39 Å². The summed E-state index contributed by atoms with van der Waals surface area (Å²) in [6.45, 7) is 2.06. The molecule has 26 heavy (non-hydrogen) atoms. The van der Waals surface area contributed by atoms with Crippen molar-refractivity contribution in [3.05, 3.63) is 71.6 Å². The van der Waals surface area contributed by atoms with Gasteiger partial charge in [-0.25, -0.2) is 15.0 Å². The number of benzene rings is 1. The quantitative estimate of drug-likeness (QED) is 0.527. The summed E-state index contributed by atoms with van der Waals surface area (Å²) < 4.78 is 13.8. The molecule has 1 aromatic carbocycles. The van der Waals surface area contributed by atoms with Crippen LogP contribution in [-0.2, 0) is 12.8 Å². The van der Waals surface area contributed by atoms with E-state index in [0.29, 0.717) is 23.1 Å². The normalized spacial score (nSPS) is 11.0. The van der Waals surface area contributed by atoms with Crippen molar-refractivity contribution in [2.45, 2.75) is 19.8 Å². The van der Waals surface area contributed by atoms with Gasteiger partial charge < -0.3 is 5.32 Å². The van der Waals surface area contributed by atoms with E-state index in [0.717, 1.165) is 28.0 Å². The maximum atomic E-state index is 13.8. The zero-order valence-electron chi connectivity index (χ0n) is 14.1. The van der Waals surface area contributed by atoms with Gasteiger partial charge in [0.15, 0.2) is 5.13 Å². The lowest BCUT2D eigenvalue weighted by Crippen LogP contribution is -2.02. The second-order valence-corrected chi connectivity index (χ2v) is 6.78. The lowest BCUT2D eigenvalue weighted by Gasteiger charge is -2.05. The number of rotatable bonds is 5. The van der Waals surface area contributed by atoms with Gasteiger partial charge in [0.1, 0.15) is 16.2 Å². The molecule has 4 aromatic rings. The Bertz CT molecular complexity index is 1050. The van der Waals surface area contributed by atoms with Gasteiger partial charge in [-0.2, -0.15) is 9.37 Å². The lowest BCUT2D eigenvalue weighted by atomic mass is 10.1. The number of aryl methyl sites for hydroxylation is 1. The van der Waals surface area contributed by atoms with E-state index in [2.05, 4.69) is 32.2 Å². The molecule has 0 radical (unpaired) electrons. The van der Waals surface area contributed by atoms with Crippen molar-refractivity contribution in [1.82, 2.24) is 19.9 Å². The molecule has 0 aliphatic carbocycles. The number of fused-ring (bicyclic) bond motifs is 1. The van der Waals surface area contributed by atoms with Crippen molar-refractivity contribution in [3.8, 4) is 0 Å². The highest BCUT2D eigenvalue weighted by atomic mass is 32.1. The number of nitrogens with zero attached hydrogens (tertiary/aromatic N) is 4. The summed E-state index contributed by atoms with van der Waals surface area (Å²) in [5.41, 5.74) is 3.51. The number of hydrogen-bond acceptors (Lipinski definition) is 6. The highest BCUT2D eigenvalue weighted by Crippen LogP contribution is 2.27. The molecule has 3 heterocycles. The molecule has 1 N–H and O–H groups in total. The maximum Gasteiger partial charge on any atom is 0.310 e. The molecule has 3 aromatic heterocycles. The summed E-state index contributed by atoms with van der Waals surface area (Å²) >= 11 is 1.42. The molecule has 0 aliphatic rings. The molecule has 0 saturated carbocycles. The van der Waals surface area contributed by atoms with Gasteiger partial charge in [0.2, 0.25) is 0 Å². The van der Waals surface area contributed by atoms with E-state index in [-0.39, 0.29) is 0 Å². The summed E-state index contributed by atoms with van der Waals surface area (Å²) in [6, 6.07) is 15.5. The molecular weight excluding hydrogens is 349 g/mol. The fourth-order valence-electron chi connectivity index (χ4n) is 2.64. The summed E-state index contributed by atoms with van der Waals surface area (Å²) in [7, 11) is 0. The lowest BCUT2D eigenvalue weighted by molar-refractivity contribution is 0.535. The summed E-state index contributed by atoms with van der Waals surface area (Å²) in [6.07, 6.45) is 0.653. The standard InChI is InChI=1S/C19H16FN5S/c1-2-13-8-9-15-17(21-13)26-19(23-15)25-16-11-14(22-18(20)24-16)10-12-6-4-3-5-7-12/h3-9,11H,2,10H2,1H3,(H,22,23,24,25). The predicted molar refractivity (Wildman–Crippen MR) is 101 cm³/mol. The molecule has 0 fully saturated rings. The zero-order valence-corrected chi connectivity index (χ0v) is 14.9. The largest absolute Gasteiger partial charge is 0.316 e. The highest BCUT2D eigenvalue weighted by Gasteiger charge is 2.10. The number of halogens is 1. The van der Waals surface area contributed by atoms with Gasteiger partial charge in [-0.05, 0) is 24.1 Å². The highest BCUT2D eigenvalue weighted by molar-refractivity contribution is 7.21. The topological polar surface area (TPSA) is 63.6 Å². The number of thiazole rings is 1. The molecule has 0 amide bonds. The Morgan fingerprint density at radius 3 is 2.62 bits per heavy atom. The average molecular weight is 365 g/mol. The third kappa shape index (κ3) is 3.67. The van der Waals surface area contributed by atoms with Crippen LogP contribution in [0, 0.1) is 6.08 Å². The van der Waals surface area contributed by atoms with Crippen LogP contribution in [0.4, 0.5) is 15.3 Å². The van der Waals surface area contributed by atoms with Crippen LogP contribution >= 0.6 is 11.3 Å². The Hall–Kier alpha value is -2.93. The van der Waals surface area contributed by atoms with Gasteiger partial charge in [-0.3, -0.25) is 0 Å². The van der Waals surface area contributed by atoms with Crippen LogP contribution in [0.3, 0.4) is 0 Å². The first-order chi connectivity index (χ1) is 12.7. The summed E-state index contributed by atoms with van der Waals surface area (Å²) in [5, 5.41) is 3.70. The molecule has 0 unspecified atom stereocenters.